The van der Waals surface area contributed by atoms with Gasteiger partial charge < -0.3 is 11.5 Å². The lowest BCUT2D eigenvalue weighted by Gasteiger charge is -2.11. The predicted octanol–water partition coefficient (Wildman–Crippen LogP) is 1.17. The highest BCUT2D eigenvalue weighted by molar-refractivity contribution is 5.73. The Morgan fingerprint density at radius 3 is 2.52 bits per heavy atom. The zero-order valence-electron chi connectivity index (χ0n) is 13.2. The Balaban J connectivity index is 1.92. The van der Waals surface area contributed by atoms with E-state index >= 15 is 0 Å². The van der Waals surface area contributed by atoms with E-state index in [9.17, 15) is 4.79 Å². The van der Waals surface area contributed by atoms with Crippen LogP contribution in [-0.2, 0) is 6.54 Å². The van der Waals surface area contributed by atoms with Crippen molar-refractivity contribution in [3.8, 4) is 11.3 Å². The molecule has 0 unspecified atom stereocenters. The van der Waals surface area contributed by atoms with Gasteiger partial charge in [-0.15, -0.1) is 10.2 Å². The summed E-state index contributed by atoms with van der Waals surface area (Å²) in [5.74, 6) is 0.361. The number of hydrogen-bond acceptors (Lipinski definition) is 6. The highest BCUT2D eigenvalue weighted by Crippen LogP contribution is 2.21. The lowest BCUT2D eigenvalue weighted by molar-refractivity contribution is 0.722. The van der Waals surface area contributed by atoms with Gasteiger partial charge >= 0.3 is 0 Å². The van der Waals surface area contributed by atoms with Gasteiger partial charge in [0.05, 0.1) is 6.54 Å². The fraction of sp³-hybridized carbons (Fsp3) is 0.0588. The number of nitrogens with two attached hydrogens (primary N) is 2. The van der Waals surface area contributed by atoms with Gasteiger partial charge in [-0.3, -0.25) is 9.36 Å². The molecule has 2 aromatic heterocycles. The third-order valence-corrected chi connectivity index (χ3v) is 3.95. The number of fused-ring (bicyclic) bond motifs is 1. The van der Waals surface area contributed by atoms with Crippen LogP contribution in [0.4, 0.5) is 11.4 Å². The van der Waals surface area contributed by atoms with Crippen LogP contribution in [-0.4, -0.2) is 24.4 Å². The van der Waals surface area contributed by atoms with Gasteiger partial charge in [-0.25, -0.2) is 0 Å². The van der Waals surface area contributed by atoms with Crippen molar-refractivity contribution in [2.24, 2.45) is 0 Å². The van der Waals surface area contributed by atoms with E-state index in [1.807, 2.05) is 24.3 Å². The molecule has 4 rings (SSSR count). The molecule has 0 atom stereocenters. The molecule has 2 aromatic carbocycles. The molecular weight excluding hydrogens is 318 g/mol. The molecule has 0 spiro atoms. The van der Waals surface area contributed by atoms with Crippen LogP contribution in [0.15, 0.2) is 59.7 Å². The van der Waals surface area contributed by atoms with Crippen LogP contribution < -0.4 is 17.0 Å². The first-order valence-electron chi connectivity index (χ1n) is 7.63. The Kier molecular flexibility index (Phi) is 3.42. The maximum Gasteiger partial charge on any atom is 0.282 e. The maximum atomic E-state index is 13.0. The number of benzene rings is 2. The summed E-state index contributed by atoms with van der Waals surface area (Å²) < 4.78 is 2.99. The van der Waals surface area contributed by atoms with E-state index in [2.05, 4.69) is 15.3 Å². The lowest BCUT2D eigenvalue weighted by atomic mass is 10.1. The highest BCUT2D eigenvalue weighted by Gasteiger charge is 2.16. The van der Waals surface area contributed by atoms with Crippen LogP contribution in [0, 0.1) is 0 Å². The van der Waals surface area contributed by atoms with Crippen molar-refractivity contribution in [3.05, 3.63) is 70.8 Å². The Labute approximate surface area is 142 Å². The largest absolute Gasteiger partial charge is 0.399 e. The second kappa shape index (κ2) is 5.75. The van der Waals surface area contributed by atoms with E-state index in [4.69, 9.17) is 11.5 Å². The third-order valence-electron chi connectivity index (χ3n) is 3.95. The highest BCUT2D eigenvalue weighted by atomic mass is 16.1. The normalized spacial score (nSPS) is 11.0. The van der Waals surface area contributed by atoms with Gasteiger partial charge in [-0.05, 0) is 23.8 Å². The van der Waals surface area contributed by atoms with Gasteiger partial charge in [0.15, 0.2) is 5.69 Å². The molecular formula is C17H15N7O. The molecule has 0 aliphatic heterocycles. The summed E-state index contributed by atoms with van der Waals surface area (Å²) in [5, 5.41) is 12.2. The number of para-hydroxylation sites is 1. The van der Waals surface area contributed by atoms with E-state index in [1.165, 1.54) is 15.4 Å². The molecule has 0 saturated heterocycles. The first-order valence-corrected chi connectivity index (χ1v) is 7.63. The Bertz CT molecular complexity index is 1110. The minimum Gasteiger partial charge on any atom is -0.399 e. The van der Waals surface area contributed by atoms with E-state index in [-0.39, 0.29) is 11.3 Å². The summed E-state index contributed by atoms with van der Waals surface area (Å²) in [6.07, 6.45) is 1.46. The quantitative estimate of drug-likeness (QED) is 0.543. The van der Waals surface area contributed by atoms with Gasteiger partial charge in [0, 0.05) is 16.9 Å². The predicted molar refractivity (Wildman–Crippen MR) is 94.8 cm³/mol. The average Bonchev–Trinajstić information content (AvgIpc) is 3.08. The number of hydrogen-bond donors (Lipinski definition) is 2. The molecule has 8 heteroatoms. The van der Waals surface area contributed by atoms with Crippen molar-refractivity contribution >= 4 is 17.2 Å². The van der Waals surface area contributed by atoms with Crippen LogP contribution in [0.5, 0.6) is 0 Å². The second-order valence-corrected chi connectivity index (χ2v) is 5.64. The molecule has 4 N–H and O–H groups in total. The summed E-state index contributed by atoms with van der Waals surface area (Å²) in [5.41, 5.74) is 14.3. The van der Waals surface area contributed by atoms with E-state index in [0.29, 0.717) is 29.3 Å². The number of rotatable bonds is 3. The number of aromatic nitrogens is 5. The standard InChI is InChI=1S/C17H15N7O/c18-12-7-5-11(6-8-12)9-23-16(25)15(13-3-1-2-4-14(13)19)22-24-10-20-21-17(23)24/h1-8,10H,9,18-19H2. The van der Waals surface area contributed by atoms with E-state index < -0.39 is 0 Å². The molecule has 8 nitrogen and oxygen atoms in total. The summed E-state index contributed by atoms with van der Waals surface area (Å²) in [6.45, 7) is 0.323. The van der Waals surface area contributed by atoms with Crippen molar-refractivity contribution in [2.45, 2.75) is 6.54 Å². The van der Waals surface area contributed by atoms with Crippen LogP contribution in [0.3, 0.4) is 0 Å². The van der Waals surface area contributed by atoms with Crippen molar-refractivity contribution < 1.29 is 0 Å². The van der Waals surface area contributed by atoms with Gasteiger partial charge in [-0.2, -0.15) is 9.61 Å². The molecule has 0 amide bonds. The maximum absolute atomic E-state index is 13.0. The third kappa shape index (κ3) is 2.59. The number of anilines is 2. The van der Waals surface area contributed by atoms with Crippen LogP contribution in [0.1, 0.15) is 5.56 Å². The lowest BCUT2D eigenvalue weighted by Crippen LogP contribution is -2.27. The van der Waals surface area contributed by atoms with E-state index in [0.717, 1.165) is 5.56 Å². The number of nitrogen functional groups attached to an aromatic ring is 2. The topological polar surface area (TPSA) is 117 Å². The zero-order valence-corrected chi connectivity index (χ0v) is 13.2. The SMILES string of the molecule is Nc1ccc(Cn2c(=O)c(-c3ccccc3N)nn3cnnc23)cc1. The smallest absolute Gasteiger partial charge is 0.282 e. The molecule has 0 aliphatic carbocycles. The van der Waals surface area contributed by atoms with Crippen LogP contribution in [0.25, 0.3) is 17.0 Å². The van der Waals surface area contributed by atoms with Crippen molar-refractivity contribution in [1.29, 1.82) is 0 Å². The van der Waals surface area contributed by atoms with Crippen molar-refractivity contribution in [3.63, 3.8) is 0 Å². The molecule has 2 heterocycles. The van der Waals surface area contributed by atoms with Gasteiger partial charge in [0.25, 0.3) is 11.3 Å². The Morgan fingerprint density at radius 2 is 1.76 bits per heavy atom. The second-order valence-electron chi connectivity index (χ2n) is 5.64. The van der Waals surface area contributed by atoms with Crippen LogP contribution in [0.2, 0.25) is 0 Å². The van der Waals surface area contributed by atoms with Gasteiger partial charge in [0.2, 0.25) is 0 Å². The summed E-state index contributed by atoms with van der Waals surface area (Å²) in [4.78, 5) is 13.0. The van der Waals surface area contributed by atoms with Crippen molar-refractivity contribution in [2.75, 3.05) is 11.5 Å². The average molecular weight is 333 g/mol. The first-order chi connectivity index (χ1) is 12.1. The Hall–Kier alpha value is -3.68. The molecule has 0 fully saturated rings. The summed E-state index contributed by atoms with van der Waals surface area (Å²) in [7, 11) is 0. The van der Waals surface area contributed by atoms with Crippen molar-refractivity contribution in [1.82, 2.24) is 24.4 Å². The first kappa shape index (κ1) is 14.9. The zero-order chi connectivity index (χ0) is 17.4. The fourth-order valence-corrected chi connectivity index (χ4v) is 2.67. The molecule has 124 valence electrons. The molecule has 0 radical (unpaired) electrons. The number of nitrogens with zero attached hydrogens (tertiary/aromatic N) is 5. The minimum absolute atomic E-state index is 0.251. The monoisotopic (exact) mass is 333 g/mol. The summed E-state index contributed by atoms with van der Waals surface area (Å²) in [6, 6.07) is 14.4. The Morgan fingerprint density at radius 1 is 1.00 bits per heavy atom. The summed E-state index contributed by atoms with van der Waals surface area (Å²) >= 11 is 0. The molecule has 0 saturated carbocycles. The minimum atomic E-state index is -0.282. The molecule has 0 aliphatic rings. The van der Waals surface area contributed by atoms with Crippen LogP contribution >= 0.6 is 0 Å². The van der Waals surface area contributed by atoms with Gasteiger partial charge in [-0.1, -0.05) is 30.3 Å². The molecule has 25 heavy (non-hydrogen) atoms. The molecule has 4 aromatic rings. The van der Waals surface area contributed by atoms with E-state index in [1.54, 1.807) is 24.3 Å². The molecule has 0 bridgehead atoms. The van der Waals surface area contributed by atoms with Gasteiger partial charge in [0.1, 0.15) is 6.33 Å². The fourth-order valence-electron chi connectivity index (χ4n) is 2.67.